The molecule has 1 amide bonds. The normalized spacial score (nSPS) is 21.2. The van der Waals surface area contributed by atoms with Gasteiger partial charge in [-0.3, -0.25) is 4.79 Å². The Balaban J connectivity index is 2.63. The van der Waals surface area contributed by atoms with E-state index in [4.69, 9.17) is 9.84 Å². The highest BCUT2D eigenvalue weighted by Gasteiger charge is 2.41. The lowest BCUT2D eigenvalue weighted by molar-refractivity contribution is -0.168. The molecule has 1 aliphatic heterocycles. The Morgan fingerprint density at radius 2 is 2.08 bits per heavy atom. The van der Waals surface area contributed by atoms with Crippen molar-refractivity contribution >= 4 is 12.4 Å². The van der Waals surface area contributed by atoms with Crippen LogP contribution in [0.25, 0.3) is 0 Å². The van der Waals surface area contributed by atoms with Gasteiger partial charge in [0.25, 0.3) is 0 Å². The van der Waals surface area contributed by atoms with Crippen LogP contribution in [-0.4, -0.2) is 48.2 Å². The van der Waals surface area contributed by atoms with Gasteiger partial charge in [-0.05, 0) is 0 Å². The lowest BCUT2D eigenvalue weighted by Gasteiger charge is -2.35. The standard InChI is InChI=1S/C8H13NO4/c1-13-8(7(11)12)2-4-9(6-10)5-3-8/h6H,2-5H2,1H3,(H,11,12). The van der Waals surface area contributed by atoms with Crippen LogP contribution < -0.4 is 0 Å². The number of carbonyl (C=O) groups excluding carboxylic acids is 1. The first-order valence-corrected chi connectivity index (χ1v) is 4.12. The largest absolute Gasteiger partial charge is 0.479 e. The maximum absolute atomic E-state index is 10.9. The molecule has 0 aromatic rings. The monoisotopic (exact) mass is 187 g/mol. The Labute approximate surface area is 76.3 Å². The SMILES string of the molecule is COC1(C(=O)O)CCN(C=O)CC1. The average Bonchev–Trinajstić information content (AvgIpc) is 2.17. The fraction of sp³-hybridized carbons (Fsp3) is 0.750. The number of methoxy groups -OCH3 is 1. The highest BCUT2D eigenvalue weighted by molar-refractivity contribution is 5.77. The second-order valence-electron chi connectivity index (χ2n) is 3.14. The summed E-state index contributed by atoms with van der Waals surface area (Å²) in [5, 5.41) is 8.92. The van der Waals surface area contributed by atoms with Gasteiger partial charge in [0.2, 0.25) is 6.41 Å². The van der Waals surface area contributed by atoms with Crippen molar-refractivity contribution in [1.82, 2.24) is 4.90 Å². The third-order valence-electron chi connectivity index (χ3n) is 2.54. The van der Waals surface area contributed by atoms with Gasteiger partial charge in [-0.2, -0.15) is 0 Å². The van der Waals surface area contributed by atoms with Crippen molar-refractivity contribution in [2.75, 3.05) is 20.2 Å². The first-order valence-electron chi connectivity index (χ1n) is 4.12. The van der Waals surface area contributed by atoms with Gasteiger partial charge in [-0.1, -0.05) is 0 Å². The van der Waals surface area contributed by atoms with E-state index < -0.39 is 11.6 Å². The molecule has 5 heteroatoms. The van der Waals surface area contributed by atoms with E-state index in [0.29, 0.717) is 25.9 Å². The Kier molecular flexibility index (Phi) is 2.87. The number of carbonyl (C=O) groups is 2. The van der Waals surface area contributed by atoms with E-state index in [-0.39, 0.29) is 0 Å². The number of rotatable bonds is 3. The maximum atomic E-state index is 10.9. The molecule has 0 atom stereocenters. The molecule has 1 heterocycles. The molecule has 0 spiro atoms. The van der Waals surface area contributed by atoms with Crippen LogP contribution in [0.3, 0.4) is 0 Å². The number of carboxylic acids is 1. The van der Waals surface area contributed by atoms with Crippen molar-refractivity contribution in [1.29, 1.82) is 0 Å². The Hall–Kier alpha value is -1.10. The van der Waals surface area contributed by atoms with Crippen LogP contribution in [0, 0.1) is 0 Å². The molecule has 1 fully saturated rings. The molecule has 0 aliphatic carbocycles. The summed E-state index contributed by atoms with van der Waals surface area (Å²) in [6, 6.07) is 0. The quantitative estimate of drug-likeness (QED) is 0.616. The summed E-state index contributed by atoms with van der Waals surface area (Å²) >= 11 is 0. The lowest BCUT2D eigenvalue weighted by Crippen LogP contribution is -2.50. The summed E-state index contributed by atoms with van der Waals surface area (Å²) in [7, 11) is 1.39. The minimum absolute atomic E-state index is 0.359. The van der Waals surface area contributed by atoms with Crippen molar-refractivity contribution in [3.8, 4) is 0 Å². The van der Waals surface area contributed by atoms with Gasteiger partial charge in [0.1, 0.15) is 0 Å². The van der Waals surface area contributed by atoms with E-state index in [1.54, 1.807) is 4.90 Å². The van der Waals surface area contributed by atoms with Gasteiger partial charge in [0.05, 0.1) is 0 Å². The second kappa shape index (κ2) is 3.74. The first kappa shape index (κ1) is 9.98. The van der Waals surface area contributed by atoms with Gasteiger partial charge in [0, 0.05) is 33.0 Å². The third kappa shape index (κ3) is 1.80. The van der Waals surface area contributed by atoms with Crippen molar-refractivity contribution < 1.29 is 19.4 Å². The zero-order chi connectivity index (χ0) is 9.90. The number of likely N-dealkylation sites (tertiary alicyclic amines) is 1. The molecular weight excluding hydrogens is 174 g/mol. The second-order valence-corrected chi connectivity index (χ2v) is 3.14. The molecule has 0 bridgehead atoms. The number of nitrogens with zero attached hydrogens (tertiary/aromatic N) is 1. The first-order chi connectivity index (χ1) is 6.14. The Bertz CT molecular complexity index is 208. The maximum Gasteiger partial charge on any atom is 0.336 e. The molecule has 0 unspecified atom stereocenters. The number of ether oxygens (including phenoxy) is 1. The average molecular weight is 187 g/mol. The van der Waals surface area contributed by atoms with Crippen LogP contribution in [-0.2, 0) is 14.3 Å². The van der Waals surface area contributed by atoms with Crippen molar-refractivity contribution in [3.05, 3.63) is 0 Å². The van der Waals surface area contributed by atoms with E-state index in [2.05, 4.69) is 0 Å². The highest BCUT2D eigenvalue weighted by atomic mass is 16.5. The number of aliphatic carboxylic acids is 1. The number of hydrogen-bond donors (Lipinski definition) is 1. The minimum atomic E-state index is -1.08. The molecule has 1 rings (SSSR count). The van der Waals surface area contributed by atoms with E-state index in [1.165, 1.54) is 7.11 Å². The van der Waals surface area contributed by atoms with Crippen molar-refractivity contribution in [3.63, 3.8) is 0 Å². The predicted molar refractivity (Wildman–Crippen MR) is 44.2 cm³/mol. The molecule has 0 saturated carbocycles. The number of hydrogen-bond acceptors (Lipinski definition) is 3. The Morgan fingerprint density at radius 3 is 2.38 bits per heavy atom. The van der Waals surface area contributed by atoms with E-state index in [1.807, 2.05) is 0 Å². The van der Waals surface area contributed by atoms with Crippen LogP contribution in [0.5, 0.6) is 0 Å². The van der Waals surface area contributed by atoms with E-state index in [0.717, 1.165) is 6.41 Å². The van der Waals surface area contributed by atoms with Crippen molar-refractivity contribution in [2.24, 2.45) is 0 Å². The summed E-state index contributed by atoms with van der Waals surface area (Å²) < 4.78 is 4.99. The van der Waals surface area contributed by atoms with E-state index >= 15 is 0 Å². The lowest BCUT2D eigenvalue weighted by atomic mass is 9.91. The van der Waals surface area contributed by atoms with E-state index in [9.17, 15) is 9.59 Å². The smallest absolute Gasteiger partial charge is 0.336 e. The van der Waals surface area contributed by atoms with Gasteiger partial charge in [0.15, 0.2) is 5.60 Å². The van der Waals surface area contributed by atoms with Crippen LogP contribution in [0.1, 0.15) is 12.8 Å². The van der Waals surface area contributed by atoms with Gasteiger partial charge >= 0.3 is 5.97 Å². The fourth-order valence-corrected chi connectivity index (χ4v) is 1.50. The topological polar surface area (TPSA) is 66.8 Å². The molecule has 1 aliphatic rings. The van der Waals surface area contributed by atoms with Gasteiger partial charge in [-0.25, -0.2) is 4.79 Å². The number of carboxylic acid groups (broad SMARTS) is 1. The molecule has 13 heavy (non-hydrogen) atoms. The fourth-order valence-electron chi connectivity index (χ4n) is 1.50. The van der Waals surface area contributed by atoms with Crippen LogP contribution in [0.15, 0.2) is 0 Å². The summed E-state index contributed by atoms with van der Waals surface area (Å²) in [6.45, 7) is 0.896. The molecule has 0 radical (unpaired) electrons. The zero-order valence-corrected chi connectivity index (χ0v) is 7.52. The number of amides is 1. The molecule has 0 aromatic carbocycles. The van der Waals surface area contributed by atoms with Crippen molar-refractivity contribution in [2.45, 2.75) is 18.4 Å². The van der Waals surface area contributed by atoms with Crippen LogP contribution in [0.2, 0.25) is 0 Å². The van der Waals surface area contributed by atoms with Gasteiger partial charge in [-0.15, -0.1) is 0 Å². The summed E-state index contributed by atoms with van der Waals surface area (Å²) in [5.41, 5.74) is -1.08. The summed E-state index contributed by atoms with van der Waals surface area (Å²) in [5.74, 6) is -0.944. The van der Waals surface area contributed by atoms with Crippen LogP contribution in [0.4, 0.5) is 0 Å². The summed E-state index contributed by atoms with van der Waals surface area (Å²) in [6.07, 6.45) is 1.45. The predicted octanol–water partition coefficient (Wildman–Crippen LogP) is -0.292. The summed E-state index contributed by atoms with van der Waals surface area (Å²) in [4.78, 5) is 22.8. The Morgan fingerprint density at radius 1 is 1.54 bits per heavy atom. The third-order valence-corrected chi connectivity index (χ3v) is 2.54. The molecule has 5 nitrogen and oxygen atoms in total. The molecule has 74 valence electrons. The number of piperidine rings is 1. The molecule has 1 N–H and O–H groups in total. The zero-order valence-electron chi connectivity index (χ0n) is 7.52. The molecular formula is C8H13NO4. The highest BCUT2D eigenvalue weighted by Crippen LogP contribution is 2.25. The molecule has 0 aromatic heterocycles. The van der Waals surface area contributed by atoms with Gasteiger partial charge < -0.3 is 14.7 Å². The minimum Gasteiger partial charge on any atom is -0.479 e. The molecule has 1 saturated heterocycles. The van der Waals surface area contributed by atoms with Crippen LogP contribution >= 0.6 is 0 Å².